The van der Waals surface area contributed by atoms with Crippen LogP contribution >= 0.6 is 0 Å². The number of nitriles is 1. The third kappa shape index (κ3) is 2.93. The number of nitrogens with one attached hydrogen (secondary N) is 1. The van der Waals surface area contributed by atoms with Crippen LogP contribution in [0.2, 0.25) is 0 Å². The van der Waals surface area contributed by atoms with Crippen molar-refractivity contribution in [2.24, 2.45) is 0 Å². The van der Waals surface area contributed by atoms with Crippen molar-refractivity contribution in [2.75, 3.05) is 19.7 Å². The Labute approximate surface area is 137 Å². The molecule has 0 aromatic rings. The van der Waals surface area contributed by atoms with Gasteiger partial charge in [0.2, 0.25) is 0 Å². The molecule has 0 atom stereocenters. The molecule has 3 amide bonds. The molecule has 23 heavy (non-hydrogen) atoms. The highest BCUT2D eigenvalue weighted by Gasteiger charge is 2.60. The summed E-state index contributed by atoms with van der Waals surface area (Å²) in [6.45, 7) is 8.46. The summed E-state index contributed by atoms with van der Waals surface area (Å²) in [5.74, 6) is -0.214. The molecule has 1 spiro atoms. The average Bonchev–Trinajstić information content (AvgIpc) is 2.62. The number of hydrogen-bond donors (Lipinski definition) is 2. The molecular formula is C16H26N4O3. The van der Waals surface area contributed by atoms with Crippen molar-refractivity contribution in [3.63, 3.8) is 0 Å². The summed E-state index contributed by atoms with van der Waals surface area (Å²) in [6, 6.07) is 1.81. The topological polar surface area (TPSA) is 96.7 Å². The lowest BCUT2D eigenvalue weighted by Gasteiger charge is -2.56. The molecule has 0 radical (unpaired) electrons. The lowest BCUT2D eigenvalue weighted by molar-refractivity contribution is -0.140. The number of piperidine rings is 1. The lowest BCUT2D eigenvalue weighted by atomic mass is 9.69. The number of urea groups is 1. The quantitative estimate of drug-likeness (QED) is 0.590. The molecule has 2 N–H and O–H groups in total. The fourth-order valence-electron chi connectivity index (χ4n) is 4.40. The van der Waals surface area contributed by atoms with Gasteiger partial charge in [0.05, 0.1) is 12.6 Å². The van der Waals surface area contributed by atoms with E-state index < -0.39 is 16.6 Å². The zero-order chi connectivity index (χ0) is 17.5. The van der Waals surface area contributed by atoms with Crippen LogP contribution in [0.4, 0.5) is 4.79 Å². The van der Waals surface area contributed by atoms with Gasteiger partial charge in [-0.15, -0.1) is 0 Å². The second-order valence-electron chi connectivity index (χ2n) is 7.77. The van der Waals surface area contributed by atoms with Gasteiger partial charge in [-0.2, -0.15) is 5.26 Å². The first-order chi connectivity index (χ1) is 10.6. The Morgan fingerprint density at radius 3 is 2.26 bits per heavy atom. The third-order valence-corrected chi connectivity index (χ3v) is 4.94. The van der Waals surface area contributed by atoms with Crippen molar-refractivity contribution < 1.29 is 14.7 Å². The Bertz CT molecular complexity index is 532. The van der Waals surface area contributed by atoms with Crippen LogP contribution in [0.15, 0.2) is 0 Å². The van der Waals surface area contributed by atoms with E-state index in [1.165, 1.54) is 4.90 Å². The summed E-state index contributed by atoms with van der Waals surface area (Å²) >= 11 is 0. The van der Waals surface area contributed by atoms with Crippen LogP contribution in [0.3, 0.4) is 0 Å². The van der Waals surface area contributed by atoms with Crippen molar-refractivity contribution in [2.45, 2.75) is 63.6 Å². The van der Waals surface area contributed by atoms with Crippen LogP contribution in [0, 0.1) is 11.3 Å². The smallest absolute Gasteiger partial charge is 0.325 e. The van der Waals surface area contributed by atoms with Gasteiger partial charge < -0.3 is 10.4 Å². The highest BCUT2D eigenvalue weighted by Crippen LogP contribution is 2.45. The number of carbonyl (C=O) groups excluding carboxylic acids is 2. The Morgan fingerprint density at radius 2 is 1.78 bits per heavy atom. The van der Waals surface area contributed by atoms with Crippen molar-refractivity contribution in [3.8, 4) is 6.07 Å². The number of nitrogens with zero attached hydrogens (tertiary/aromatic N) is 3. The van der Waals surface area contributed by atoms with Gasteiger partial charge in [0.15, 0.2) is 0 Å². The molecule has 2 saturated heterocycles. The molecule has 128 valence electrons. The van der Waals surface area contributed by atoms with Crippen LogP contribution in [0.1, 0.15) is 47.0 Å². The van der Waals surface area contributed by atoms with Gasteiger partial charge in [0.25, 0.3) is 5.91 Å². The minimum Gasteiger partial charge on any atom is -0.396 e. The van der Waals surface area contributed by atoms with Gasteiger partial charge in [-0.25, -0.2) is 4.79 Å². The number of aliphatic hydroxyl groups is 1. The maximum Gasteiger partial charge on any atom is 0.325 e. The van der Waals surface area contributed by atoms with E-state index in [4.69, 9.17) is 10.4 Å². The summed E-state index contributed by atoms with van der Waals surface area (Å²) in [5, 5.41) is 21.0. The predicted molar refractivity (Wildman–Crippen MR) is 84.4 cm³/mol. The van der Waals surface area contributed by atoms with Crippen molar-refractivity contribution in [1.82, 2.24) is 15.1 Å². The summed E-state index contributed by atoms with van der Waals surface area (Å²) in [5.41, 5.74) is -1.72. The fourth-order valence-corrected chi connectivity index (χ4v) is 4.40. The van der Waals surface area contributed by atoms with E-state index >= 15 is 0 Å². The first-order valence-corrected chi connectivity index (χ1v) is 7.99. The van der Waals surface area contributed by atoms with Crippen LogP contribution in [-0.2, 0) is 4.79 Å². The van der Waals surface area contributed by atoms with E-state index in [0.717, 1.165) is 0 Å². The van der Waals surface area contributed by atoms with E-state index in [2.05, 4.69) is 16.3 Å². The predicted octanol–water partition coefficient (Wildman–Crippen LogP) is 0.836. The number of rotatable bonds is 4. The Balaban J connectivity index is 2.33. The number of carbonyl (C=O) groups is 2. The highest BCUT2D eigenvalue weighted by molar-refractivity contribution is 6.07. The standard InChI is InChI=1S/C16H26N4O3/c1-14(2)10-16(11-15(3,4)20(14)8-6-17)12(22)19(7-5-9-21)13(23)18-16/h21H,5,7-11H2,1-4H3,(H,18,23). The minimum atomic E-state index is -0.925. The summed E-state index contributed by atoms with van der Waals surface area (Å²) in [6.07, 6.45) is 1.30. The molecule has 2 heterocycles. The SMILES string of the molecule is CC1(C)CC2(CC(C)(C)N1CC#N)NC(=O)N(CCCO)C2=O. The van der Waals surface area contributed by atoms with E-state index in [1.54, 1.807) is 0 Å². The van der Waals surface area contributed by atoms with E-state index in [9.17, 15) is 9.59 Å². The van der Waals surface area contributed by atoms with E-state index in [1.807, 2.05) is 27.7 Å². The molecule has 2 fully saturated rings. The molecule has 0 aromatic heterocycles. The second kappa shape index (κ2) is 5.77. The van der Waals surface area contributed by atoms with Gasteiger partial charge >= 0.3 is 6.03 Å². The zero-order valence-corrected chi connectivity index (χ0v) is 14.3. The van der Waals surface area contributed by atoms with Crippen molar-refractivity contribution in [3.05, 3.63) is 0 Å². The molecule has 2 rings (SSSR count). The first kappa shape index (κ1) is 17.7. The molecule has 2 aliphatic heterocycles. The van der Waals surface area contributed by atoms with E-state index in [-0.39, 0.29) is 31.6 Å². The van der Waals surface area contributed by atoms with Gasteiger partial charge in [-0.3, -0.25) is 14.6 Å². The minimum absolute atomic E-state index is 0.0585. The zero-order valence-electron chi connectivity index (χ0n) is 14.3. The fraction of sp³-hybridized carbons (Fsp3) is 0.812. The monoisotopic (exact) mass is 322 g/mol. The summed E-state index contributed by atoms with van der Waals surface area (Å²) < 4.78 is 0. The molecule has 0 aliphatic carbocycles. The summed E-state index contributed by atoms with van der Waals surface area (Å²) in [7, 11) is 0. The highest BCUT2D eigenvalue weighted by atomic mass is 16.3. The van der Waals surface area contributed by atoms with Gasteiger partial charge in [-0.1, -0.05) is 0 Å². The Kier molecular flexibility index (Phi) is 4.44. The third-order valence-electron chi connectivity index (χ3n) is 4.94. The normalized spacial score (nSPS) is 25.5. The largest absolute Gasteiger partial charge is 0.396 e. The molecular weight excluding hydrogens is 296 g/mol. The first-order valence-electron chi connectivity index (χ1n) is 7.99. The number of hydrogen-bond acceptors (Lipinski definition) is 5. The van der Waals surface area contributed by atoms with Crippen LogP contribution in [0.5, 0.6) is 0 Å². The van der Waals surface area contributed by atoms with E-state index in [0.29, 0.717) is 19.3 Å². The molecule has 2 aliphatic rings. The number of amides is 3. The molecule has 0 aromatic carbocycles. The maximum absolute atomic E-state index is 12.9. The van der Waals surface area contributed by atoms with Crippen LogP contribution < -0.4 is 5.32 Å². The van der Waals surface area contributed by atoms with Gasteiger partial charge in [0.1, 0.15) is 5.54 Å². The Morgan fingerprint density at radius 1 is 1.22 bits per heavy atom. The Hall–Kier alpha value is -1.65. The van der Waals surface area contributed by atoms with Crippen LogP contribution in [0.25, 0.3) is 0 Å². The maximum atomic E-state index is 12.9. The molecule has 7 nitrogen and oxygen atoms in total. The molecule has 7 heteroatoms. The van der Waals surface area contributed by atoms with Crippen molar-refractivity contribution >= 4 is 11.9 Å². The second-order valence-corrected chi connectivity index (χ2v) is 7.77. The van der Waals surface area contributed by atoms with Crippen LogP contribution in [-0.4, -0.2) is 63.2 Å². The van der Waals surface area contributed by atoms with Gasteiger partial charge in [-0.05, 0) is 47.0 Å². The lowest BCUT2D eigenvalue weighted by Crippen LogP contribution is -2.69. The number of imide groups is 1. The molecule has 0 bridgehead atoms. The molecule has 0 unspecified atom stereocenters. The number of likely N-dealkylation sites (tertiary alicyclic amines) is 1. The van der Waals surface area contributed by atoms with Gasteiger partial charge in [0, 0.05) is 24.2 Å². The number of aliphatic hydroxyl groups excluding tert-OH is 1. The average molecular weight is 322 g/mol. The van der Waals surface area contributed by atoms with Crippen molar-refractivity contribution in [1.29, 1.82) is 5.26 Å². The summed E-state index contributed by atoms with van der Waals surface area (Å²) in [4.78, 5) is 28.5. The molecule has 0 saturated carbocycles.